The molecule has 110 valence electrons. The van der Waals surface area contributed by atoms with Crippen LogP contribution in [0.2, 0.25) is 0 Å². The van der Waals surface area contributed by atoms with Crippen LogP contribution in [0.3, 0.4) is 0 Å². The molecular formula is C15H21BrN2OS. The van der Waals surface area contributed by atoms with Crippen LogP contribution in [0.5, 0.6) is 0 Å². The van der Waals surface area contributed by atoms with Gasteiger partial charge in [0, 0.05) is 16.5 Å². The minimum atomic E-state index is 0.191. The normalized spacial score (nSPS) is 45.5. The molecule has 0 saturated heterocycles. The molecule has 1 heterocycles. The van der Waals surface area contributed by atoms with E-state index in [0.29, 0.717) is 10.7 Å². The Bertz CT molecular complexity index is 464. The smallest absolute Gasteiger partial charge is 0.226 e. The average molecular weight is 357 g/mol. The number of nitrogens with one attached hydrogen (secondary N) is 1. The summed E-state index contributed by atoms with van der Waals surface area (Å²) in [5, 5.41) is 3.87. The molecule has 1 aliphatic heterocycles. The van der Waals surface area contributed by atoms with Crippen molar-refractivity contribution in [2.24, 2.45) is 22.2 Å². The Labute approximate surface area is 132 Å². The summed E-state index contributed by atoms with van der Waals surface area (Å²) in [5.74, 6) is 2.90. The monoisotopic (exact) mass is 356 g/mol. The summed E-state index contributed by atoms with van der Waals surface area (Å²) in [6.45, 7) is 0.847. The molecule has 5 rings (SSSR count). The fourth-order valence-electron chi connectivity index (χ4n) is 5.46. The molecule has 0 aromatic rings. The SMILES string of the molecule is O=C(CC12C[C@H]3C[C@@H](CC(Br)(C3)C1)C2)NC1=NCCS1. The van der Waals surface area contributed by atoms with Crippen LogP contribution in [-0.2, 0) is 4.79 Å². The predicted octanol–water partition coefficient (Wildman–Crippen LogP) is 3.33. The van der Waals surface area contributed by atoms with Gasteiger partial charge in [0.25, 0.3) is 0 Å². The van der Waals surface area contributed by atoms with Crippen molar-refractivity contribution in [3.8, 4) is 0 Å². The lowest BCUT2D eigenvalue weighted by atomic mass is 9.48. The van der Waals surface area contributed by atoms with Crippen LogP contribution < -0.4 is 5.32 Å². The molecule has 4 aliphatic carbocycles. The van der Waals surface area contributed by atoms with Gasteiger partial charge < -0.3 is 5.32 Å². The van der Waals surface area contributed by atoms with Crippen LogP contribution in [0.1, 0.15) is 44.9 Å². The Morgan fingerprint density at radius 3 is 2.70 bits per heavy atom. The molecule has 5 aliphatic rings. The number of rotatable bonds is 2. The van der Waals surface area contributed by atoms with E-state index in [1.807, 2.05) is 0 Å². The van der Waals surface area contributed by atoms with E-state index < -0.39 is 0 Å². The first-order valence-electron chi connectivity index (χ1n) is 7.70. The molecule has 4 fully saturated rings. The van der Waals surface area contributed by atoms with Crippen molar-refractivity contribution >= 4 is 38.8 Å². The molecule has 0 unspecified atom stereocenters. The summed E-state index contributed by atoms with van der Waals surface area (Å²) in [5.41, 5.74) is 0.265. The average Bonchev–Trinajstić information content (AvgIpc) is 2.76. The highest BCUT2D eigenvalue weighted by Crippen LogP contribution is 2.65. The lowest BCUT2D eigenvalue weighted by molar-refractivity contribution is -0.126. The van der Waals surface area contributed by atoms with Gasteiger partial charge in [-0.25, -0.2) is 0 Å². The number of nitrogens with zero attached hydrogens (tertiary/aromatic N) is 1. The van der Waals surface area contributed by atoms with Gasteiger partial charge in [0.1, 0.15) is 0 Å². The molecule has 0 radical (unpaired) electrons. The number of hydrogen-bond acceptors (Lipinski definition) is 3. The fourth-order valence-corrected chi connectivity index (χ4v) is 7.71. The van der Waals surface area contributed by atoms with Gasteiger partial charge in [-0.15, -0.1) is 0 Å². The Morgan fingerprint density at radius 2 is 2.10 bits per heavy atom. The number of carbonyl (C=O) groups is 1. The van der Waals surface area contributed by atoms with E-state index in [-0.39, 0.29) is 11.3 Å². The first-order chi connectivity index (χ1) is 9.54. The van der Waals surface area contributed by atoms with Crippen molar-refractivity contribution < 1.29 is 4.79 Å². The molecule has 4 saturated carbocycles. The Hall–Kier alpha value is -0.0300. The Kier molecular flexibility index (Phi) is 3.22. The second kappa shape index (κ2) is 4.73. The van der Waals surface area contributed by atoms with Crippen molar-refractivity contribution in [1.82, 2.24) is 5.32 Å². The summed E-state index contributed by atoms with van der Waals surface area (Å²) in [4.78, 5) is 16.7. The molecule has 0 spiro atoms. The molecule has 2 atom stereocenters. The number of alkyl halides is 1. The summed E-state index contributed by atoms with van der Waals surface area (Å²) >= 11 is 5.68. The maximum absolute atomic E-state index is 12.4. The van der Waals surface area contributed by atoms with E-state index in [2.05, 4.69) is 26.2 Å². The van der Waals surface area contributed by atoms with Gasteiger partial charge in [0.2, 0.25) is 5.91 Å². The fraction of sp³-hybridized carbons (Fsp3) is 0.867. The first kappa shape index (κ1) is 13.6. The van der Waals surface area contributed by atoms with E-state index >= 15 is 0 Å². The van der Waals surface area contributed by atoms with E-state index in [4.69, 9.17) is 0 Å². The number of aliphatic imine (C=N–C) groups is 1. The van der Waals surface area contributed by atoms with E-state index in [0.717, 1.165) is 29.3 Å². The summed E-state index contributed by atoms with van der Waals surface area (Å²) in [6, 6.07) is 0. The number of amides is 1. The highest BCUT2D eigenvalue weighted by Gasteiger charge is 2.57. The lowest BCUT2D eigenvalue weighted by Crippen LogP contribution is -2.54. The summed E-state index contributed by atoms with van der Waals surface area (Å²) in [6.07, 6.45) is 8.49. The zero-order chi connectivity index (χ0) is 13.8. The molecule has 4 bridgehead atoms. The van der Waals surface area contributed by atoms with Gasteiger partial charge in [0.05, 0.1) is 6.54 Å². The van der Waals surface area contributed by atoms with Crippen LogP contribution in [-0.4, -0.2) is 27.7 Å². The minimum Gasteiger partial charge on any atom is -0.305 e. The number of hydrogen-bond donors (Lipinski definition) is 1. The van der Waals surface area contributed by atoms with E-state index in [1.54, 1.807) is 11.8 Å². The van der Waals surface area contributed by atoms with Crippen LogP contribution in [0.25, 0.3) is 0 Å². The largest absolute Gasteiger partial charge is 0.305 e. The predicted molar refractivity (Wildman–Crippen MR) is 86.3 cm³/mol. The number of halogens is 1. The third-order valence-corrected chi connectivity index (χ3v) is 7.30. The topological polar surface area (TPSA) is 41.5 Å². The second-order valence-electron chi connectivity index (χ2n) is 7.37. The number of thioether (sulfide) groups is 1. The number of amidine groups is 1. The van der Waals surface area contributed by atoms with Crippen molar-refractivity contribution in [1.29, 1.82) is 0 Å². The summed E-state index contributed by atoms with van der Waals surface area (Å²) in [7, 11) is 0. The zero-order valence-electron chi connectivity index (χ0n) is 11.7. The number of carbonyl (C=O) groups excluding carboxylic acids is 1. The molecule has 1 N–H and O–H groups in total. The molecule has 1 amide bonds. The Balaban J connectivity index is 1.46. The van der Waals surface area contributed by atoms with Crippen LogP contribution in [0.15, 0.2) is 4.99 Å². The highest BCUT2D eigenvalue weighted by atomic mass is 79.9. The second-order valence-corrected chi connectivity index (χ2v) is 10.1. The zero-order valence-corrected chi connectivity index (χ0v) is 14.1. The third-order valence-electron chi connectivity index (χ3n) is 5.48. The van der Waals surface area contributed by atoms with Gasteiger partial charge in [-0.1, -0.05) is 27.7 Å². The van der Waals surface area contributed by atoms with Crippen molar-refractivity contribution in [3.63, 3.8) is 0 Å². The van der Waals surface area contributed by atoms with E-state index in [1.165, 1.54) is 38.5 Å². The molecule has 20 heavy (non-hydrogen) atoms. The maximum atomic E-state index is 12.4. The van der Waals surface area contributed by atoms with Gasteiger partial charge >= 0.3 is 0 Å². The minimum absolute atomic E-state index is 0.191. The molecule has 0 aromatic carbocycles. The quantitative estimate of drug-likeness (QED) is 0.771. The van der Waals surface area contributed by atoms with Crippen molar-refractivity contribution in [3.05, 3.63) is 0 Å². The van der Waals surface area contributed by atoms with Gasteiger partial charge in [-0.05, 0) is 55.8 Å². The van der Waals surface area contributed by atoms with E-state index in [9.17, 15) is 4.79 Å². The van der Waals surface area contributed by atoms with Crippen molar-refractivity contribution in [2.75, 3.05) is 12.3 Å². The van der Waals surface area contributed by atoms with Gasteiger partial charge in [0.15, 0.2) is 5.17 Å². The highest BCUT2D eigenvalue weighted by molar-refractivity contribution is 9.10. The Morgan fingerprint density at radius 1 is 1.35 bits per heavy atom. The molecule has 0 aromatic heterocycles. The molecular weight excluding hydrogens is 336 g/mol. The van der Waals surface area contributed by atoms with Crippen LogP contribution in [0, 0.1) is 17.3 Å². The lowest BCUT2D eigenvalue weighted by Gasteiger charge is -2.60. The standard InChI is InChI=1S/C15H21BrN2OS/c16-15-6-10-3-11(7-15)5-14(4-10,9-15)8-12(19)18-13-17-1-2-20-13/h10-11H,1-9H2,(H,17,18,19)/t10-,11-,14?,15?/m1/s1. The maximum Gasteiger partial charge on any atom is 0.226 e. The van der Waals surface area contributed by atoms with Crippen LogP contribution in [0.4, 0.5) is 0 Å². The van der Waals surface area contributed by atoms with Gasteiger partial charge in [-0.2, -0.15) is 0 Å². The first-order valence-corrected chi connectivity index (χ1v) is 9.48. The van der Waals surface area contributed by atoms with Crippen LogP contribution >= 0.6 is 27.7 Å². The van der Waals surface area contributed by atoms with Crippen molar-refractivity contribution in [2.45, 2.75) is 49.3 Å². The van der Waals surface area contributed by atoms with Gasteiger partial charge in [-0.3, -0.25) is 9.79 Å². The molecule has 5 heteroatoms. The third kappa shape index (κ3) is 2.45. The molecule has 3 nitrogen and oxygen atoms in total. The summed E-state index contributed by atoms with van der Waals surface area (Å²) < 4.78 is 0.344.